The summed E-state index contributed by atoms with van der Waals surface area (Å²) >= 11 is 1.34. The van der Waals surface area contributed by atoms with E-state index in [0.29, 0.717) is 16.0 Å². The summed E-state index contributed by atoms with van der Waals surface area (Å²) in [6, 6.07) is 0. The summed E-state index contributed by atoms with van der Waals surface area (Å²) in [4.78, 5) is 37.0. The number of hydrogen-bond donors (Lipinski definition) is 1. The van der Waals surface area contributed by atoms with Gasteiger partial charge in [-0.2, -0.15) is 11.3 Å². The van der Waals surface area contributed by atoms with E-state index >= 15 is 4.39 Å². The van der Waals surface area contributed by atoms with Gasteiger partial charge in [0.25, 0.3) is 17.6 Å². The van der Waals surface area contributed by atoms with Gasteiger partial charge in [0.05, 0.1) is 12.1 Å². The van der Waals surface area contributed by atoms with Crippen LogP contribution in [0.15, 0.2) is 10.8 Å². The standard InChI is InChI=1S/C12H11FN2O4S/c13-12(2-1-9(17)14(6-16)11(12)19)15-3-7-4-20-5-8(7)10(15)18/h4-5,16H,1-3,6H2/t12-/m0/s1. The first-order valence-electron chi connectivity index (χ1n) is 6.00. The molecule has 6 nitrogen and oxygen atoms in total. The van der Waals surface area contributed by atoms with Crippen LogP contribution >= 0.6 is 11.3 Å². The van der Waals surface area contributed by atoms with E-state index in [9.17, 15) is 14.4 Å². The molecule has 0 spiro atoms. The molecule has 1 aromatic rings. The van der Waals surface area contributed by atoms with Gasteiger partial charge in [-0.1, -0.05) is 0 Å². The van der Waals surface area contributed by atoms with Gasteiger partial charge in [-0.25, -0.2) is 4.39 Å². The Hall–Kier alpha value is -1.80. The molecule has 0 radical (unpaired) electrons. The van der Waals surface area contributed by atoms with Crippen LogP contribution in [0.4, 0.5) is 4.39 Å². The number of imide groups is 1. The highest BCUT2D eigenvalue weighted by atomic mass is 32.1. The molecule has 2 aliphatic heterocycles. The number of halogens is 1. The summed E-state index contributed by atoms with van der Waals surface area (Å²) < 4.78 is 15.0. The number of carbonyl (C=O) groups is 3. The number of nitrogens with zero attached hydrogens (tertiary/aromatic N) is 2. The molecule has 0 unspecified atom stereocenters. The van der Waals surface area contributed by atoms with Gasteiger partial charge in [0, 0.05) is 18.2 Å². The molecule has 2 aliphatic rings. The number of carbonyl (C=O) groups excluding carboxylic acids is 3. The van der Waals surface area contributed by atoms with Crippen molar-refractivity contribution in [2.45, 2.75) is 25.2 Å². The van der Waals surface area contributed by atoms with Gasteiger partial charge in [-0.05, 0) is 10.9 Å². The lowest BCUT2D eigenvalue weighted by molar-refractivity contribution is -0.174. The zero-order valence-corrected chi connectivity index (χ0v) is 11.2. The largest absolute Gasteiger partial charge is 0.376 e. The molecular formula is C12H11FN2O4S. The average molecular weight is 298 g/mol. The minimum atomic E-state index is -2.57. The normalized spacial score (nSPS) is 26.4. The van der Waals surface area contributed by atoms with Crippen LogP contribution < -0.4 is 0 Å². The smallest absolute Gasteiger partial charge is 0.289 e. The Morgan fingerprint density at radius 1 is 1.35 bits per heavy atom. The maximum atomic E-state index is 15.0. The molecule has 3 rings (SSSR count). The van der Waals surface area contributed by atoms with Crippen molar-refractivity contribution in [3.63, 3.8) is 0 Å². The predicted octanol–water partition coefficient (Wildman–Crippen LogP) is 0.469. The summed E-state index contributed by atoms with van der Waals surface area (Å²) in [7, 11) is 0. The summed E-state index contributed by atoms with van der Waals surface area (Å²) in [6.07, 6.45) is -0.597. The molecule has 0 aliphatic carbocycles. The van der Waals surface area contributed by atoms with Crippen molar-refractivity contribution < 1.29 is 23.9 Å². The third-order valence-electron chi connectivity index (χ3n) is 3.66. The number of aliphatic hydroxyl groups is 1. The molecule has 1 N–H and O–H groups in total. The quantitative estimate of drug-likeness (QED) is 0.636. The molecule has 1 fully saturated rings. The number of rotatable bonds is 2. The molecule has 0 bridgehead atoms. The first-order valence-corrected chi connectivity index (χ1v) is 6.95. The van der Waals surface area contributed by atoms with Gasteiger partial charge in [0.1, 0.15) is 6.73 Å². The fourth-order valence-electron chi connectivity index (χ4n) is 2.54. The van der Waals surface area contributed by atoms with Crippen molar-refractivity contribution >= 4 is 29.1 Å². The van der Waals surface area contributed by atoms with Gasteiger partial charge in [0.2, 0.25) is 5.91 Å². The van der Waals surface area contributed by atoms with Gasteiger partial charge in [-0.3, -0.25) is 24.2 Å². The van der Waals surface area contributed by atoms with E-state index in [0.717, 1.165) is 4.90 Å². The minimum Gasteiger partial charge on any atom is -0.376 e. The maximum absolute atomic E-state index is 15.0. The van der Waals surface area contributed by atoms with E-state index in [2.05, 4.69) is 0 Å². The van der Waals surface area contributed by atoms with Gasteiger partial charge < -0.3 is 5.11 Å². The van der Waals surface area contributed by atoms with Crippen molar-refractivity contribution in [3.05, 3.63) is 21.9 Å². The lowest BCUT2D eigenvalue weighted by atomic mass is 10.00. The molecule has 1 aromatic heterocycles. The van der Waals surface area contributed by atoms with E-state index in [1.807, 2.05) is 0 Å². The van der Waals surface area contributed by atoms with Crippen LogP contribution in [0.5, 0.6) is 0 Å². The number of alkyl halides is 1. The fraction of sp³-hybridized carbons (Fsp3) is 0.417. The summed E-state index contributed by atoms with van der Waals surface area (Å²) in [5, 5.41) is 12.4. The summed E-state index contributed by atoms with van der Waals surface area (Å²) in [6.45, 7) is -0.875. The van der Waals surface area contributed by atoms with Gasteiger partial charge in [-0.15, -0.1) is 0 Å². The third kappa shape index (κ3) is 1.61. The van der Waals surface area contributed by atoms with Gasteiger partial charge in [0.15, 0.2) is 0 Å². The Morgan fingerprint density at radius 2 is 2.10 bits per heavy atom. The molecule has 1 atom stereocenters. The first kappa shape index (κ1) is 13.2. The lowest BCUT2D eigenvalue weighted by Gasteiger charge is -2.39. The van der Waals surface area contributed by atoms with E-state index in [-0.39, 0.29) is 19.4 Å². The number of likely N-dealkylation sites (tertiary alicyclic amines) is 1. The zero-order chi connectivity index (χ0) is 14.5. The predicted molar refractivity (Wildman–Crippen MR) is 66.2 cm³/mol. The second-order valence-electron chi connectivity index (χ2n) is 4.73. The van der Waals surface area contributed by atoms with Crippen LogP contribution in [0, 0.1) is 0 Å². The van der Waals surface area contributed by atoms with Crippen LogP contribution in [0.2, 0.25) is 0 Å². The monoisotopic (exact) mass is 298 g/mol. The summed E-state index contributed by atoms with van der Waals surface area (Å²) in [5.74, 6) is -4.92. The maximum Gasteiger partial charge on any atom is 0.289 e. The Kier molecular flexibility index (Phi) is 2.87. The van der Waals surface area contributed by atoms with E-state index < -0.39 is 30.2 Å². The first-order chi connectivity index (χ1) is 9.49. The Bertz CT molecular complexity index is 616. The van der Waals surface area contributed by atoms with Crippen LogP contribution in [-0.4, -0.2) is 45.2 Å². The van der Waals surface area contributed by atoms with Crippen LogP contribution in [0.3, 0.4) is 0 Å². The summed E-state index contributed by atoms with van der Waals surface area (Å²) in [5.41, 5.74) is 1.07. The lowest BCUT2D eigenvalue weighted by Crippen LogP contribution is -2.61. The van der Waals surface area contributed by atoms with Crippen molar-refractivity contribution in [1.29, 1.82) is 0 Å². The van der Waals surface area contributed by atoms with Crippen molar-refractivity contribution in [3.8, 4) is 0 Å². The molecule has 106 valence electrons. The van der Waals surface area contributed by atoms with E-state index in [4.69, 9.17) is 5.11 Å². The second-order valence-corrected chi connectivity index (χ2v) is 5.47. The Balaban J connectivity index is 1.94. The molecule has 0 aromatic carbocycles. The van der Waals surface area contributed by atoms with Crippen molar-refractivity contribution in [2.24, 2.45) is 0 Å². The topological polar surface area (TPSA) is 77.9 Å². The minimum absolute atomic E-state index is 0.00731. The molecule has 20 heavy (non-hydrogen) atoms. The SMILES string of the molecule is O=C1CC[C@](F)(N2Cc3cscc3C2=O)C(=O)N1CO. The third-order valence-corrected chi connectivity index (χ3v) is 4.45. The van der Waals surface area contributed by atoms with E-state index in [1.165, 1.54) is 11.3 Å². The zero-order valence-electron chi connectivity index (χ0n) is 10.3. The van der Waals surface area contributed by atoms with Crippen LogP contribution in [0.25, 0.3) is 0 Å². The van der Waals surface area contributed by atoms with Crippen molar-refractivity contribution in [2.75, 3.05) is 6.73 Å². The number of piperidine rings is 1. The molecule has 1 saturated heterocycles. The van der Waals surface area contributed by atoms with Crippen LogP contribution in [-0.2, 0) is 16.1 Å². The van der Waals surface area contributed by atoms with Crippen LogP contribution in [0.1, 0.15) is 28.8 Å². The number of aliphatic hydroxyl groups excluding tert-OH is 1. The van der Waals surface area contributed by atoms with Gasteiger partial charge >= 0.3 is 0 Å². The highest BCUT2D eigenvalue weighted by Gasteiger charge is 2.55. The highest BCUT2D eigenvalue weighted by Crippen LogP contribution is 2.38. The fourth-order valence-corrected chi connectivity index (χ4v) is 3.36. The molecule has 8 heteroatoms. The van der Waals surface area contributed by atoms with E-state index in [1.54, 1.807) is 10.8 Å². The molecular weight excluding hydrogens is 287 g/mol. The molecule has 0 saturated carbocycles. The average Bonchev–Trinajstić information content (AvgIpc) is 2.99. The van der Waals surface area contributed by atoms with Crippen molar-refractivity contribution in [1.82, 2.24) is 9.80 Å². The second kappa shape index (κ2) is 4.35. The molecule has 3 heterocycles. The number of hydrogen-bond acceptors (Lipinski definition) is 5. The highest BCUT2D eigenvalue weighted by molar-refractivity contribution is 7.08. The number of fused-ring (bicyclic) bond motifs is 1. The molecule has 3 amide bonds. The Labute approximate surface area is 117 Å². The Morgan fingerprint density at radius 3 is 2.75 bits per heavy atom. The number of thiophene rings is 1. The number of amides is 3.